The van der Waals surface area contributed by atoms with Gasteiger partial charge in [0.1, 0.15) is 5.75 Å². The maximum absolute atomic E-state index is 5.90. The Kier molecular flexibility index (Phi) is 5.31. The van der Waals surface area contributed by atoms with Gasteiger partial charge in [0.15, 0.2) is 0 Å². The zero-order valence-electron chi connectivity index (χ0n) is 10.7. The molecule has 0 amide bonds. The Morgan fingerprint density at radius 3 is 2.58 bits per heavy atom. The topological polar surface area (TPSA) is 35.2 Å². The summed E-state index contributed by atoms with van der Waals surface area (Å²) in [6, 6.07) is 16.4. The third-order valence-electron chi connectivity index (χ3n) is 2.77. The Morgan fingerprint density at radius 2 is 1.95 bits per heavy atom. The fourth-order valence-electron chi connectivity index (χ4n) is 1.77. The number of thioether (sulfide) groups is 1. The largest absolute Gasteiger partial charge is 0.497 e. The van der Waals surface area contributed by atoms with Crippen molar-refractivity contribution in [2.24, 2.45) is 5.73 Å². The van der Waals surface area contributed by atoms with E-state index in [2.05, 4.69) is 34.1 Å². The molecular formula is C15H16BrNOS. The first-order chi connectivity index (χ1) is 9.22. The average molecular weight is 338 g/mol. The third kappa shape index (κ3) is 4.00. The summed E-state index contributed by atoms with van der Waals surface area (Å²) in [4.78, 5) is 1.21. The molecule has 2 aromatic carbocycles. The Hall–Kier alpha value is -0.970. The van der Waals surface area contributed by atoms with Crippen molar-refractivity contribution < 1.29 is 4.74 Å². The standard InChI is InChI=1S/C15H16BrNOS/c1-18-13-4-2-3-11(9-13)15(10-17)19-14-7-5-12(16)6-8-14/h2-9,15H,10,17H2,1H3. The van der Waals surface area contributed by atoms with Gasteiger partial charge in [0.25, 0.3) is 0 Å². The van der Waals surface area contributed by atoms with Gasteiger partial charge in [0, 0.05) is 21.2 Å². The van der Waals surface area contributed by atoms with Gasteiger partial charge in [-0.1, -0.05) is 28.1 Å². The van der Waals surface area contributed by atoms with Gasteiger partial charge in [-0.25, -0.2) is 0 Å². The highest BCUT2D eigenvalue weighted by atomic mass is 79.9. The van der Waals surface area contributed by atoms with Crippen LogP contribution < -0.4 is 10.5 Å². The van der Waals surface area contributed by atoms with Crippen molar-refractivity contribution in [3.8, 4) is 5.75 Å². The quantitative estimate of drug-likeness (QED) is 0.828. The van der Waals surface area contributed by atoms with E-state index in [1.165, 1.54) is 10.5 Å². The van der Waals surface area contributed by atoms with Gasteiger partial charge in [-0.05, 0) is 42.0 Å². The lowest BCUT2D eigenvalue weighted by molar-refractivity contribution is 0.414. The molecule has 0 saturated heterocycles. The molecule has 2 aromatic rings. The number of hydrogen-bond donors (Lipinski definition) is 1. The van der Waals surface area contributed by atoms with Gasteiger partial charge in [-0.2, -0.15) is 0 Å². The van der Waals surface area contributed by atoms with Crippen LogP contribution in [0.25, 0.3) is 0 Å². The highest BCUT2D eigenvalue weighted by Gasteiger charge is 2.12. The van der Waals surface area contributed by atoms with Gasteiger partial charge in [0.05, 0.1) is 7.11 Å². The predicted molar refractivity (Wildman–Crippen MR) is 84.8 cm³/mol. The summed E-state index contributed by atoms with van der Waals surface area (Å²) < 4.78 is 6.34. The van der Waals surface area contributed by atoms with E-state index in [1.54, 1.807) is 18.9 Å². The number of hydrogen-bond acceptors (Lipinski definition) is 3. The summed E-state index contributed by atoms with van der Waals surface area (Å²) in [6.45, 7) is 0.591. The molecule has 0 aliphatic rings. The zero-order valence-corrected chi connectivity index (χ0v) is 13.1. The molecule has 0 fully saturated rings. The monoisotopic (exact) mass is 337 g/mol. The second-order valence-corrected chi connectivity index (χ2v) is 6.26. The van der Waals surface area contributed by atoms with Gasteiger partial charge in [-0.15, -0.1) is 11.8 Å². The minimum absolute atomic E-state index is 0.233. The van der Waals surface area contributed by atoms with E-state index >= 15 is 0 Å². The summed E-state index contributed by atoms with van der Waals surface area (Å²) >= 11 is 5.21. The van der Waals surface area contributed by atoms with Crippen molar-refractivity contribution in [1.82, 2.24) is 0 Å². The summed E-state index contributed by atoms with van der Waals surface area (Å²) in [6.07, 6.45) is 0. The molecule has 2 rings (SSSR count). The van der Waals surface area contributed by atoms with Crippen LogP contribution in [0.2, 0.25) is 0 Å². The van der Waals surface area contributed by atoms with E-state index in [0.29, 0.717) is 6.54 Å². The smallest absolute Gasteiger partial charge is 0.119 e. The molecule has 0 bridgehead atoms. The second-order valence-electron chi connectivity index (χ2n) is 4.07. The van der Waals surface area contributed by atoms with E-state index in [0.717, 1.165) is 10.2 Å². The molecule has 100 valence electrons. The predicted octanol–water partition coefficient (Wildman–Crippen LogP) is 4.25. The minimum Gasteiger partial charge on any atom is -0.497 e. The lowest BCUT2D eigenvalue weighted by atomic mass is 10.1. The molecule has 4 heteroatoms. The normalized spacial score (nSPS) is 12.2. The Labute approximate surface area is 126 Å². The van der Waals surface area contributed by atoms with Crippen LogP contribution in [0.1, 0.15) is 10.8 Å². The molecule has 0 aliphatic heterocycles. The van der Waals surface area contributed by atoms with Crippen molar-refractivity contribution in [2.75, 3.05) is 13.7 Å². The van der Waals surface area contributed by atoms with Crippen LogP contribution in [0, 0.1) is 0 Å². The van der Waals surface area contributed by atoms with Crippen molar-refractivity contribution >= 4 is 27.7 Å². The molecule has 0 spiro atoms. The first kappa shape index (κ1) is 14.4. The van der Waals surface area contributed by atoms with E-state index in [1.807, 2.05) is 30.3 Å². The molecule has 2 N–H and O–H groups in total. The van der Waals surface area contributed by atoms with E-state index in [9.17, 15) is 0 Å². The summed E-state index contributed by atoms with van der Waals surface area (Å²) in [5.41, 5.74) is 7.09. The molecule has 1 unspecified atom stereocenters. The van der Waals surface area contributed by atoms with E-state index in [-0.39, 0.29) is 5.25 Å². The summed E-state index contributed by atoms with van der Waals surface area (Å²) in [5, 5.41) is 0.233. The fourth-order valence-corrected chi connectivity index (χ4v) is 3.04. The average Bonchev–Trinajstić information content (AvgIpc) is 2.46. The van der Waals surface area contributed by atoms with Crippen LogP contribution in [0.3, 0.4) is 0 Å². The third-order valence-corrected chi connectivity index (χ3v) is 4.59. The molecule has 0 aliphatic carbocycles. The van der Waals surface area contributed by atoms with Gasteiger partial charge in [-0.3, -0.25) is 0 Å². The van der Waals surface area contributed by atoms with Crippen molar-refractivity contribution in [2.45, 2.75) is 10.1 Å². The van der Waals surface area contributed by atoms with Crippen molar-refractivity contribution in [3.05, 3.63) is 58.6 Å². The molecule has 1 atom stereocenters. The minimum atomic E-state index is 0.233. The molecule has 19 heavy (non-hydrogen) atoms. The summed E-state index contributed by atoms with van der Waals surface area (Å²) in [5.74, 6) is 0.868. The molecule has 0 heterocycles. The first-order valence-corrected chi connectivity index (χ1v) is 7.66. The molecule has 0 radical (unpaired) electrons. The van der Waals surface area contributed by atoms with Crippen molar-refractivity contribution in [3.63, 3.8) is 0 Å². The Bertz CT molecular complexity index is 530. The van der Waals surface area contributed by atoms with E-state index < -0.39 is 0 Å². The number of methoxy groups -OCH3 is 1. The first-order valence-electron chi connectivity index (χ1n) is 5.99. The van der Waals surface area contributed by atoms with Crippen LogP contribution >= 0.6 is 27.7 Å². The summed E-state index contributed by atoms with van der Waals surface area (Å²) in [7, 11) is 1.68. The maximum atomic E-state index is 5.90. The molecule has 2 nitrogen and oxygen atoms in total. The fraction of sp³-hybridized carbons (Fsp3) is 0.200. The SMILES string of the molecule is COc1cccc(C(CN)Sc2ccc(Br)cc2)c1. The Balaban J connectivity index is 2.17. The second kappa shape index (κ2) is 6.98. The van der Waals surface area contributed by atoms with Gasteiger partial charge < -0.3 is 10.5 Å². The molecule has 0 aromatic heterocycles. The Morgan fingerprint density at radius 1 is 1.21 bits per heavy atom. The number of ether oxygens (including phenoxy) is 1. The van der Waals surface area contributed by atoms with Crippen LogP contribution in [0.5, 0.6) is 5.75 Å². The molecule has 0 saturated carbocycles. The van der Waals surface area contributed by atoms with Gasteiger partial charge >= 0.3 is 0 Å². The van der Waals surface area contributed by atoms with Crippen LogP contribution in [-0.4, -0.2) is 13.7 Å². The van der Waals surface area contributed by atoms with Crippen LogP contribution in [0.15, 0.2) is 57.9 Å². The van der Waals surface area contributed by atoms with E-state index in [4.69, 9.17) is 10.5 Å². The maximum Gasteiger partial charge on any atom is 0.119 e. The lowest BCUT2D eigenvalue weighted by Gasteiger charge is -2.15. The molecular weight excluding hydrogens is 322 g/mol. The van der Waals surface area contributed by atoms with Crippen molar-refractivity contribution in [1.29, 1.82) is 0 Å². The highest BCUT2D eigenvalue weighted by molar-refractivity contribution is 9.10. The van der Waals surface area contributed by atoms with Crippen LogP contribution in [-0.2, 0) is 0 Å². The number of rotatable bonds is 5. The number of benzene rings is 2. The number of halogens is 1. The highest BCUT2D eigenvalue weighted by Crippen LogP contribution is 2.35. The number of nitrogens with two attached hydrogens (primary N) is 1. The zero-order chi connectivity index (χ0) is 13.7. The lowest BCUT2D eigenvalue weighted by Crippen LogP contribution is -2.09. The van der Waals surface area contributed by atoms with Crippen LogP contribution in [0.4, 0.5) is 0 Å². The van der Waals surface area contributed by atoms with Gasteiger partial charge in [0.2, 0.25) is 0 Å².